The average Bonchev–Trinajstić information content (AvgIpc) is 2.34. The van der Waals surface area contributed by atoms with Crippen LogP contribution < -0.4 is 5.73 Å². The van der Waals surface area contributed by atoms with E-state index in [0.717, 1.165) is 24.1 Å². The van der Waals surface area contributed by atoms with Gasteiger partial charge in [-0.1, -0.05) is 13.8 Å². The third-order valence-corrected chi connectivity index (χ3v) is 3.46. The molecule has 2 N–H and O–H groups in total. The van der Waals surface area contributed by atoms with Crippen LogP contribution in [0.1, 0.15) is 49.2 Å². The van der Waals surface area contributed by atoms with Gasteiger partial charge in [-0.25, -0.2) is 0 Å². The number of aromatic nitrogens is 1. The van der Waals surface area contributed by atoms with Crippen LogP contribution in [-0.4, -0.2) is 17.3 Å². The van der Waals surface area contributed by atoms with E-state index >= 15 is 0 Å². The van der Waals surface area contributed by atoms with Crippen molar-refractivity contribution in [2.45, 2.75) is 40.0 Å². The molecule has 0 radical (unpaired) electrons. The lowest BCUT2D eigenvalue weighted by Gasteiger charge is -2.19. The summed E-state index contributed by atoms with van der Waals surface area (Å²) in [7, 11) is 0. The lowest BCUT2D eigenvalue weighted by atomic mass is 9.87. The molecule has 1 atom stereocenters. The highest BCUT2D eigenvalue weighted by molar-refractivity contribution is 5.95. The summed E-state index contributed by atoms with van der Waals surface area (Å²) in [5.41, 5.74) is 7.26. The fourth-order valence-corrected chi connectivity index (χ4v) is 2.12. The maximum Gasteiger partial charge on any atom is 0.164 e. The number of carbonyl (C=O) groups excluding carboxylic acids is 1. The van der Waals surface area contributed by atoms with Gasteiger partial charge in [-0.3, -0.25) is 9.78 Å². The van der Waals surface area contributed by atoms with Crippen molar-refractivity contribution in [3.05, 3.63) is 29.6 Å². The van der Waals surface area contributed by atoms with Crippen LogP contribution in [0.4, 0.5) is 0 Å². The van der Waals surface area contributed by atoms with Crippen LogP contribution in [0.15, 0.2) is 18.3 Å². The van der Waals surface area contributed by atoms with Gasteiger partial charge in [0.1, 0.15) is 0 Å². The number of aryl methyl sites for hydroxylation is 1. The highest BCUT2D eigenvalue weighted by atomic mass is 16.1. The molecule has 3 heteroatoms. The molecular weight excluding hydrogens is 224 g/mol. The molecule has 1 unspecified atom stereocenters. The van der Waals surface area contributed by atoms with Crippen LogP contribution >= 0.6 is 0 Å². The van der Waals surface area contributed by atoms with Crippen LogP contribution in [0, 0.1) is 18.8 Å². The molecule has 18 heavy (non-hydrogen) atoms. The minimum Gasteiger partial charge on any atom is -0.330 e. The van der Waals surface area contributed by atoms with E-state index < -0.39 is 0 Å². The smallest absolute Gasteiger partial charge is 0.164 e. The Morgan fingerprint density at radius 3 is 2.56 bits per heavy atom. The van der Waals surface area contributed by atoms with Crippen molar-refractivity contribution in [3.63, 3.8) is 0 Å². The molecule has 3 nitrogen and oxygen atoms in total. The molecule has 0 amide bonds. The molecule has 1 aromatic heterocycles. The van der Waals surface area contributed by atoms with Gasteiger partial charge in [0.15, 0.2) is 5.78 Å². The van der Waals surface area contributed by atoms with Gasteiger partial charge in [-0.2, -0.15) is 0 Å². The summed E-state index contributed by atoms with van der Waals surface area (Å²) < 4.78 is 0. The predicted octanol–water partition coefficient (Wildman–Crippen LogP) is 2.97. The summed E-state index contributed by atoms with van der Waals surface area (Å²) in [5.74, 6) is 1.31. The molecule has 0 aromatic carbocycles. The van der Waals surface area contributed by atoms with E-state index in [0.29, 0.717) is 24.8 Å². The molecule has 1 rings (SSSR count). The highest BCUT2D eigenvalue weighted by Gasteiger charge is 2.15. The van der Waals surface area contributed by atoms with E-state index in [2.05, 4.69) is 18.8 Å². The van der Waals surface area contributed by atoms with E-state index in [-0.39, 0.29) is 5.78 Å². The Labute approximate surface area is 110 Å². The minimum absolute atomic E-state index is 0.185. The van der Waals surface area contributed by atoms with Crippen molar-refractivity contribution in [1.29, 1.82) is 0 Å². The number of pyridine rings is 1. The third-order valence-electron chi connectivity index (χ3n) is 3.46. The van der Waals surface area contributed by atoms with Crippen LogP contribution in [0.5, 0.6) is 0 Å². The van der Waals surface area contributed by atoms with Gasteiger partial charge in [0.05, 0.1) is 0 Å². The lowest BCUT2D eigenvalue weighted by Crippen LogP contribution is -2.16. The maximum atomic E-state index is 12.0. The van der Waals surface area contributed by atoms with Crippen LogP contribution in [0.25, 0.3) is 0 Å². The summed E-state index contributed by atoms with van der Waals surface area (Å²) in [6.07, 6.45) is 4.18. The number of ketones is 1. The number of Topliss-reactive ketones (excluding diaryl/α,β-unsaturated/α-hetero) is 1. The van der Waals surface area contributed by atoms with Gasteiger partial charge < -0.3 is 5.73 Å². The van der Waals surface area contributed by atoms with E-state index in [9.17, 15) is 4.79 Å². The Hall–Kier alpha value is -1.22. The Morgan fingerprint density at radius 2 is 2.06 bits per heavy atom. The first-order chi connectivity index (χ1) is 8.54. The zero-order valence-corrected chi connectivity index (χ0v) is 11.6. The number of carbonyl (C=O) groups is 1. The lowest BCUT2D eigenvalue weighted by molar-refractivity contribution is 0.0968. The zero-order chi connectivity index (χ0) is 13.5. The standard InChI is InChI=1S/C15H24N2O/c1-11(2)13(8-9-16)6-7-15(18)14-5-4-12(3)17-10-14/h4-5,10-11,13H,6-9,16H2,1-3H3. The van der Waals surface area contributed by atoms with Crippen molar-refractivity contribution in [1.82, 2.24) is 4.98 Å². The number of hydrogen-bond acceptors (Lipinski definition) is 3. The van der Waals surface area contributed by atoms with Crippen LogP contribution in [-0.2, 0) is 0 Å². The Morgan fingerprint density at radius 1 is 1.33 bits per heavy atom. The van der Waals surface area contributed by atoms with Gasteiger partial charge >= 0.3 is 0 Å². The summed E-state index contributed by atoms with van der Waals surface area (Å²) >= 11 is 0. The van der Waals surface area contributed by atoms with Crippen molar-refractivity contribution in [2.24, 2.45) is 17.6 Å². The van der Waals surface area contributed by atoms with E-state index in [1.54, 1.807) is 6.20 Å². The summed E-state index contributed by atoms with van der Waals surface area (Å²) in [4.78, 5) is 16.2. The molecule has 100 valence electrons. The topological polar surface area (TPSA) is 56.0 Å². The molecule has 0 aliphatic heterocycles. The Kier molecular flexibility index (Phi) is 5.99. The predicted molar refractivity (Wildman–Crippen MR) is 74.5 cm³/mol. The molecule has 0 aliphatic rings. The number of hydrogen-bond donors (Lipinski definition) is 1. The molecule has 0 fully saturated rings. The van der Waals surface area contributed by atoms with Gasteiger partial charge in [-0.15, -0.1) is 0 Å². The quantitative estimate of drug-likeness (QED) is 0.755. The normalized spacial score (nSPS) is 12.7. The van der Waals surface area contributed by atoms with Crippen LogP contribution in [0.2, 0.25) is 0 Å². The van der Waals surface area contributed by atoms with Crippen molar-refractivity contribution in [2.75, 3.05) is 6.54 Å². The minimum atomic E-state index is 0.185. The van der Waals surface area contributed by atoms with Crippen molar-refractivity contribution < 1.29 is 4.79 Å². The molecule has 1 aromatic rings. The van der Waals surface area contributed by atoms with Gasteiger partial charge in [0.25, 0.3) is 0 Å². The number of nitrogens with zero attached hydrogens (tertiary/aromatic N) is 1. The van der Waals surface area contributed by atoms with E-state index in [1.807, 2.05) is 19.1 Å². The maximum absolute atomic E-state index is 12.0. The molecule has 1 heterocycles. The SMILES string of the molecule is Cc1ccc(C(=O)CCC(CCN)C(C)C)cn1. The van der Waals surface area contributed by atoms with E-state index in [1.165, 1.54) is 0 Å². The molecular formula is C15H24N2O. The second-order valence-corrected chi connectivity index (χ2v) is 5.23. The first-order valence-corrected chi connectivity index (χ1v) is 6.70. The van der Waals surface area contributed by atoms with Crippen molar-refractivity contribution >= 4 is 5.78 Å². The first kappa shape index (κ1) is 14.8. The third kappa shape index (κ3) is 4.57. The van der Waals surface area contributed by atoms with Gasteiger partial charge in [-0.05, 0) is 50.3 Å². The highest BCUT2D eigenvalue weighted by Crippen LogP contribution is 2.21. The Bertz CT molecular complexity index is 371. The molecule has 0 bridgehead atoms. The molecule has 0 saturated carbocycles. The fraction of sp³-hybridized carbons (Fsp3) is 0.600. The van der Waals surface area contributed by atoms with E-state index in [4.69, 9.17) is 5.73 Å². The summed E-state index contributed by atoms with van der Waals surface area (Å²) in [6.45, 7) is 7.00. The average molecular weight is 248 g/mol. The van der Waals surface area contributed by atoms with Crippen molar-refractivity contribution in [3.8, 4) is 0 Å². The first-order valence-electron chi connectivity index (χ1n) is 6.70. The number of nitrogens with two attached hydrogens (primary N) is 1. The second kappa shape index (κ2) is 7.27. The molecule has 0 aliphatic carbocycles. The summed E-state index contributed by atoms with van der Waals surface area (Å²) in [6, 6.07) is 3.74. The number of rotatable bonds is 7. The molecule has 0 saturated heterocycles. The largest absolute Gasteiger partial charge is 0.330 e. The fourth-order valence-electron chi connectivity index (χ4n) is 2.12. The monoisotopic (exact) mass is 248 g/mol. The van der Waals surface area contributed by atoms with Gasteiger partial charge in [0.2, 0.25) is 0 Å². The zero-order valence-electron chi connectivity index (χ0n) is 11.6. The van der Waals surface area contributed by atoms with Gasteiger partial charge in [0, 0.05) is 23.9 Å². The van der Waals surface area contributed by atoms with Crippen LogP contribution in [0.3, 0.4) is 0 Å². The molecule has 0 spiro atoms. The summed E-state index contributed by atoms with van der Waals surface area (Å²) in [5, 5.41) is 0. The second-order valence-electron chi connectivity index (χ2n) is 5.23. The Balaban J connectivity index is 2.51.